The van der Waals surface area contributed by atoms with E-state index in [4.69, 9.17) is 0 Å². The van der Waals surface area contributed by atoms with Crippen LogP contribution in [0.3, 0.4) is 0 Å². The summed E-state index contributed by atoms with van der Waals surface area (Å²) in [7, 11) is 0. The summed E-state index contributed by atoms with van der Waals surface area (Å²) in [6, 6.07) is 8.23. The second-order valence-electron chi connectivity index (χ2n) is 6.83. The molecule has 1 aromatic heterocycles. The fraction of sp³-hybridized carbons (Fsp3) is 0.238. The Morgan fingerprint density at radius 3 is 2.24 bits per heavy atom. The molecule has 2 aliphatic heterocycles. The zero-order valence-electron chi connectivity index (χ0n) is 15.7. The summed E-state index contributed by atoms with van der Waals surface area (Å²) in [5.41, 5.74) is 0.914. The predicted molar refractivity (Wildman–Crippen MR) is 108 cm³/mol. The van der Waals surface area contributed by atoms with Gasteiger partial charge in [-0.25, -0.2) is 0 Å². The number of piperazine rings is 1. The Labute approximate surface area is 171 Å². The van der Waals surface area contributed by atoms with Crippen LogP contribution in [0, 0.1) is 0 Å². The third kappa shape index (κ3) is 3.36. The second-order valence-corrected chi connectivity index (χ2v) is 7.78. The Hall–Kier alpha value is -3.26. The van der Waals surface area contributed by atoms with Crippen LogP contribution >= 0.6 is 11.3 Å². The lowest BCUT2D eigenvalue weighted by atomic mass is 10.0. The average molecular weight is 409 g/mol. The predicted octanol–water partition coefficient (Wildman–Crippen LogP) is 2.13. The van der Waals surface area contributed by atoms with Gasteiger partial charge >= 0.3 is 0 Å². The zero-order valence-corrected chi connectivity index (χ0v) is 16.5. The van der Waals surface area contributed by atoms with E-state index in [-0.39, 0.29) is 29.8 Å². The molecular weight excluding hydrogens is 390 g/mol. The first kappa shape index (κ1) is 19.1. The number of nitrogens with zero attached hydrogens (tertiary/aromatic N) is 3. The van der Waals surface area contributed by atoms with Crippen LogP contribution in [0.5, 0.6) is 0 Å². The highest BCUT2D eigenvalue weighted by Gasteiger charge is 2.35. The molecule has 3 heterocycles. The van der Waals surface area contributed by atoms with E-state index in [1.165, 1.54) is 29.5 Å². The van der Waals surface area contributed by atoms with Crippen molar-refractivity contribution < 1.29 is 19.2 Å². The molecule has 0 spiro atoms. The summed E-state index contributed by atoms with van der Waals surface area (Å²) < 4.78 is 0. The summed E-state index contributed by atoms with van der Waals surface area (Å²) in [6.45, 7) is 5.45. The van der Waals surface area contributed by atoms with Gasteiger partial charge in [0, 0.05) is 38.3 Å². The smallest absolute Gasteiger partial charge is 0.264 e. The number of hydrogen-bond donors (Lipinski definition) is 0. The maximum Gasteiger partial charge on any atom is 0.264 e. The number of hydrogen-bond acceptors (Lipinski definition) is 5. The number of amides is 4. The molecule has 2 aliphatic rings. The van der Waals surface area contributed by atoms with Gasteiger partial charge in [-0.1, -0.05) is 12.1 Å². The van der Waals surface area contributed by atoms with E-state index in [9.17, 15) is 19.2 Å². The molecule has 7 nitrogen and oxygen atoms in total. The van der Waals surface area contributed by atoms with Gasteiger partial charge in [0.25, 0.3) is 23.6 Å². The van der Waals surface area contributed by atoms with Crippen molar-refractivity contribution in [1.29, 1.82) is 0 Å². The first-order chi connectivity index (χ1) is 14.0. The first-order valence-corrected chi connectivity index (χ1v) is 10.1. The number of imide groups is 1. The lowest BCUT2D eigenvalue weighted by molar-refractivity contribution is 0.0538. The third-order valence-electron chi connectivity index (χ3n) is 5.12. The van der Waals surface area contributed by atoms with Crippen LogP contribution in [0.4, 0.5) is 0 Å². The van der Waals surface area contributed by atoms with Crippen molar-refractivity contribution in [2.45, 2.75) is 0 Å². The quantitative estimate of drug-likeness (QED) is 0.573. The Morgan fingerprint density at radius 2 is 1.62 bits per heavy atom. The molecule has 1 saturated heterocycles. The standard InChI is InChI=1S/C21H19N3O4S/c1-2-7-24-19(26)15-6-5-14(13-16(15)20(24)27)18(25)22-8-10-23(11-9-22)21(28)17-4-3-12-29-17/h2-6,12-13H,1,7-11H2. The van der Waals surface area contributed by atoms with E-state index in [0.717, 1.165) is 4.90 Å². The van der Waals surface area contributed by atoms with Crippen LogP contribution in [0.1, 0.15) is 40.7 Å². The van der Waals surface area contributed by atoms with Gasteiger partial charge in [0.15, 0.2) is 0 Å². The fourth-order valence-corrected chi connectivity index (χ4v) is 4.26. The van der Waals surface area contributed by atoms with E-state index >= 15 is 0 Å². The minimum atomic E-state index is -0.411. The molecular formula is C21H19N3O4S. The molecule has 0 aliphatic carbocycles. The number of carbonyl (C=O) groups excluding carboxylic acids is 4. The average Bonchev–Trinajstić information content (AvgIpc) is 3.37. The van der Waals surface area contributed by atoms with Crippen LogP contribution < -0.4 is 0 Å². The van der Waals surface area contributed by atoms with Crippen molar-refractivity contribution >= 4 is 35.0 Å². The van der Waals surface area contributed by atoms with Crippen LogP contribution in [0.15, 0.2) is 48.4 Å². The Balaban J connectivity index is 1.45. The molecule has 8 heteroatoms. The number of carbonyl (C=O) groups is 4. The van der Waals surface area contributed by atoms with Crippen LogP contribution in [-0.2, 0) is 0 Å². The van der Waals surface area contributed by atoms with Gasteiger partial charge in [-0.15, -0.1) is 17.9 Å². The van der Waals surface area contributed by atoms with Crippen molar-refractivity contribution in [2.75, 3.05) is 32.7 Å². The minimum Gasteiger partial charge on any atom is -0.335 e. The summed E-state index contributed by atoms with van der Waals surface area (Å²) >= 11 is 1.40. The molecule has 0 bridgehead atoms. The number of rotatable bonds is 4. The van der Waals surface area contributed by atoms with Crippen LogP contribution in [0.25, 0.3) is 0 Å². The van der Waals surface area contributed by atoms with Gasteiger partial charge in [0.05, 0.1) is 16.0 Å². The lowest BCUT2D eigenvalue weighted by Gasteiger charge is -2.34. The van der Waals surface area contributed by atoms with Gasteiger partial charge in [-0.3, -0.25) is 24.1 Å². The summed E-state index contributed by atoms with van der Waals surface area (Å²) in [5.74, 6) is -1.01. The van der Waals surface area contributed by atoms with Gasteiger partial charge in [0.2, 0.25) is 0 Å². The van der Waals surface area contributed by atoms with Gasteiger partial charge in [0.1, 0.15) is 0 Å². The highest BCUT2D eigenvalue weighted by Crippen LogP contribution is 2.25. The lowest BCUT2D eigenvalue weighted by Crippen LogP contribution is -2.50. The second kappa shape index (κ2) is 7.63. The van der Waals surface area contributed by atoms with E-state index < -0.39 is 5.91 Å². The fourth-order valence-electron chi connectivity index (χ4n) is 3.57. The third-order valence-corrected chi connectivity index (χ3v) is 5.97. The van der Waals surface area contributed by atoms with E-state index in [1.54, 1.807) is 21.9 Å². The molecule has 0 N–H and O–H groups in total. The van der Waals surface area contributed by atoms with Crippen molar-refractivity contribution in [1.82, 2.24) is 14.7 Å². The Kier molecular flexibility index (Phi) is 5.02. The molecule has 2 aromatic rings. The summed E-state index contributed by atoms with van der Waals surface area (Å²) in [4.78, 5) is 55.3. The van der Waals surface area contributed by atoms with Gasteiger partial charge in [-0.05, 0) is 29.6 Å². The van der Waals surface area contributed by atoms with Crippen LogP contribution in [0.2, 0.25) is 0 Å². The maximum atomic E-state index is 12.9. The maximum absolute atomic E-state index is 12.9. The highest BCUT2D eigenvalue weighted by molar-refractivity contribution is 7.12. The van der Waals surface area contributed by atoms with E-state index in [0.29, 0.717) is 42.2 Å². The van der Waals surface area contributed by atoms with Crippen LogP contribution in [-0.4, -0.2) is 71.1 Å². The zero-order chi connectivity index (χ0) is 20.5. The molecule has 148 valence electrons. The molecule has 0 unspecified atom stereocenters. The molecule has 0 radical (unpaired) electrons. The van der Waals surface area contributed by atoms with Crippen molar-refractivity contribution in [2.24, 2.45) is 0 Å². The van der Waals surface area contributed by atoms with E-state index in [2.05, 4.69) is 6.58 Å². The number of fused-ring (bicyclic) bond motifs is 1. The molecule has 4 amide bonds. The molecule has 0 saturated carbocycles. The molecule has 4 rings (SSSR count). The largest absolute Gasteiger partial charge is 0.335 e. The normalized spacial score (nSPS) is 16.2. The number of thiophene rings is 1. The van der Waals surface area contributed by atoms with Crippen molar-refractivity contribution in [3.63, 3.8) is 0 Å². The minimum absolute atomic E-state index is 0.0175. The van der Waals surface area contributed by atoms with Gasteiger partial charge < -0.3 is 9.80 Å². The van der Waals surface area contributed by atoms with Crippen molar-refractivity contribution in [3.8, 4) is 0 Å². The molecule has 0 atom stereocenters. The van der Waals surface area contributed by atoms with Crippen molar-refractivity contribution in [3.05, 3.63) is 69.9 Å². The molecule has 1 fully saturated rings. The Morgan fingerprint density at radius 1 is 0.966 bits per heavy atom. The molecule has 29 heavy (non-hydrogen) atoms. The SMILES string of the molecule is C=CCN1C(=O)c2ccc(C(=O)N3CCN(C(=O)c4cccs4)CC3)cc2C1=O. The Bertz CT molecular complexity index is 1010. The number of benzene rings is 1. The first-order valence-electron chi connectivity index (χ1n) is 9.24. The monoisotopic (exact) mass is 409 g/mol. The highest BCUT2D eigenvalue weighted by atomic mass is 32.1. The summed E-state index contributed by atoms with van der Waals surface area (Å²) in [6.07, 6.45) is 1.49. The molecule has 1 aromatic carbocycles. The summed E-state index contributed by atoms with van der Waals surface area (Å²) in [5, 5.41) is 1.86. The van der Waals surface area contributed by atoms with Gasteiger partial charge in [-0.2, -0.15) is 0 Å². The van der Waals surface area contributed by atoms with E-state index in [1.807, 2.05) is 11.4 Å². The topological polar surface area (TPSA) is 78.0 Å².